The van der Waals surface area contributed by atoms with E-state index >= 15 is 0 Å². The minimum absolute atomic E-state index is 0.0796. The first-order valence-electron chi connectivity index (χ1n) is 3.93. The van der Waals surface area contributed by atoms with Gasteiger partial charge >= 0.3 is 6.36 Å². The Kier molecular flexibility index (Phi) is 3.41. The molecule has 15 heavy (non-hydrogen) atoms. The van der Waals surface area contributed by atoms with Crippen molar-refractivity contribution in [3.05, 3.63) is 27.2 Å². The van der Waals surface area contributed by atoms with E-state index in [1.165, 1.54) is 6.07 Å². The van der Waals surface area contributed by atoms with Crippen LogP contribution in [-0.2, 0) is 0 Å². The lowest BCUT2D eigenvalue weighted by atomic mass is 10.1. The van der Waals surface area contributed by atoms with E-state index < -0.39 is 12.1 Å². The molecule has 0 aromatic heterocycles. The van der Waals surface area contributed by atoms with Crippen molar-refractivity contribution in [1.82, 2.24) is 0 Å². The highest BCUT2D eigenvalue weighted by atomic mass is 35.5. The molecule has 0 aliphatic heterocycles. The summed E-state index contributed by atoms with van der Waals surface area (Å²) in [7, 11) is 0. The molecular formula is C9H7Cl2F3O. The molecule has 0 heterocycles. The van der Waals surface area contributed by atoms with Gasteiger partial charge in [0.15, 0.2) is 0 Å². The van der Waals surface area contributed by atoms with Gasteiger partial charge < -0.3 is 4.74 Å². The molecule has 0 unspecified atom stereocenters. The number of hydrogen-bond donors (Lipinski definition) is 0. The molecule has 1 rings (SSSR count). The van der Waals surface area contributed by atoms with Crippen LogP contribution in [0.2, 0.25) is 10.0 Å². The number of alkyl halides is 3. The zero-order valence-corrected chi connectivity index (χ0v) is 9.39. The van der Waals surface area contributed by atoms with Crippen LogP contribution in [0.5, 0.6) is 5.75 Å². The first-order valence-corrected chi connectivity index (χ1v) is 4.69. The molecule has 0 aliphatic rings. The van der Waals surface area contributed by atoms with E-state index in [0.717, 1.165) is 0 Å². The minimum atomic E-state index is -4.77. The average molecular weight is 259 g/mol. The second kappa shape index (κ2) is 4.10. The maximum absolute atomic E-state index is 12.0. The summed E-state index contributed by atoms with van der Waals surface area (Å²) in [5.74, 6) is -0.475. The molecule has 0 radical (unpaired) electrons. The van der Waals surface area contributed by atoms with Gasteiger partial charge in [-0.15, -0.1) is 13.2 Å². The van der Waals surface area contributed by atoms with Gasteiger partial charge in [-0.3, -0.25) is 0 Å². The van der Waals surface area contributed by atoms with Crippen LogP contribution in [0.3, 0.4) is 0 Å². The van der Waals surface area contributed by atoms with Gasteiger partial charge in [0.25, 0.3) is 0 Å². The largest absolute Gasteiger partial charge is 0.573 e. The van der Waals surface area contributed by atoms with E-state index in [9.17, 15) is 13.2 Å². The van der Waals surface area contributed by atoms with Crippen molar-refractivity contribution in [3.8, 4) is 5.75 Å². The van der Waals surface area contributed by atoms with Gasteiger partial charge in [-0.25, -0.2) is 0 Å². The molecule has 1 aromatic rings. The zero-order chi connectivity index (χ0) is 11.8. The van der Waals surface area contributed by atoms with Gasteiger partial charge in [-0.1, -0.05) is 23.2 Å². The minimum Gasteiger partial charge on any atom is -0.404 e. The SMILES string of the molecule is Cc1cc(OC(F)(F)F)c(Cl)c(Cl)c1C. The molecular weight excluding hydrogens is 252 g/mol. The number of benzene rings is 1. The molecule has 0 N–H and O–H groups in total. The van der Waals surface area contributed by atoms with Crippen LogP contribution < -0.4 is 4.74 Å². The highest BCUT2D eigenvalue weighted by molar-refractivity contribution is 6.43. The predicted molar refractivity (Wildman–Crippen MR) is 52.6 cm³/mol. The molecule has 0 saturated carbocycles. The van der Waals surface area contributed by atoms with E-state index in [1.807, 2.05) is 0 Å². The Morgan fingerprint density at radius 2 is 1.67 bits per heavy atom. The molecule has 0 atom stereocenters. The maximum Gasteiger partial charge on any atom is 0.573 e. The monoisotopic (exact) mass is 258 g/mol. The van der Waals surface area contributed by atoms with Crippen LogP contribution >= 0.6 is 23.2 Å². The molecule has 0 aliphatic carbocycles. The van der Waals surface area contributed by atoms with Gasteiger partial charge in [0, 0.05) is 0 Å². The van der Waals surface area contributed by atoms with E-state index in [0.29, 0.717) is 11.1 Å². The standard InChI is InChI=1S/C9H7Cl2F3O/c1-4-3-6(15-9(12,13)14)8(11)7(10)5(4)2/h3H,1-2H3. The van der Waals surface area contributed by atoms with Gasteiger partial charge in [-0.2, -0.15) is 0 Å². The number of ether oxygens (including phenoxy) is 1. The quantitative estimate of drug-likeness (QED) is 0.720. The third-order valence-corrected chi connectivity index (χ3v) is 2.85. The maximum atomic E-state index is 12.0. The summed E-state index contributed by atoms with van der Waals surface area (Å²) in [5, 5.41) is -0.145. The lowest BCUT2D eigenvalue weighted by molar-refractivity contribution is -0.274. The lowest BCUT2D eigenvalue weighted by Gasteiger charge is -2.13. The Labute approximate surface area is 94.7 Å². The molecule has 0 spiro atoms. The summed E-state index contributed by atoms with van der Waals surface area (Å²) in [6.45, 7) is 3.29. The van der Waals surface area contributed by atoms with Gasteiger partial charge in [0.2, 0.25) is 0 Å². The fourth-order valence-electron chi connectivity index (χ4n) is 1.01. The first-order chi connectivity index (χ1) is 6.72. The van der Waals surface area contributed by atoms with Crippen LogP contribution in [0.25, 0.3) is 0 Å². The summed E-state index contributed by atoms with van der Waals surface area (Å²) >= 11 is 11.4. The van der Waals surface area contributed by atoms with Crippen LogP contribution in [0.4, 0.5) is 13.2 Å². The molecule has 1 nitrogen and oxygen atoms in total. The Morgan fingerprint density at radius 1 is 1.13 bits per heavy atom. The smallest absolute Gasteiger partial charge is 0.404 e. The fourth-order valence-corrected chi connectivity index (χ4v) is 1.49. The lowest BCUT2D eigenvalue weighted by Crippen LogP contribution is -2.17. The van der Waals surface area contributed by atoms with Crippen LogP contribution in [-0.4, -0.2) is 6.36 Å². The van der Waals surface area contributed by atoms with Crippen LogP contribution in [0.15, 0.2) is 6.07 Å². The molecule has 0 bridgehead atoms. The molecule has 0 fully saturated rings. The number of hydrogen-bond acceptors (Lipinski definition) is 1. The second-order valence-corrected chi connectivity index (χ2v) is 3.75. The van der Waals surface area contributed by atoms with Crippen LogP contribution in [0, 0.1) is 13.8 Å². The second-order valence-electron chi connectivity index (χ2n) is 2.99. The van der Waals surface area contributed by atoms with Gasteiger partial charge in [0.05, 0.1) is 5.02 Å². The van der Waals surface area contributed by atoms with Crippen molar-refractivity contribution < 1.29 is 17.9 Å². The van der Waals surface area contributed by atoms with Crippen molar-refractivity contribution in [3.63, 3.8) is 0 Å². The molecule has 1 aromatic carbocycles. The van der Waals surface area contributed by atoms with Crippen molar-refractivity contribution in [1.29, 1.82) is 0 Å². The highest BCUT2D eigenvalue weighted by Gasteiger charge is 2.32. The van der Waals surface area contributed by atoms with E-state index in [-0.39, 0.29) is 10.0 Å². The summed E-state index contributed by atoms with van der Waals surface area (Å²) in [4.78, 5) is 0. The van der Waals surface area contributed by atoms with Crippen molar-refractivity contribution in [2.24, 2.45) is 0 Å². The first kappa shape index (κ1) is 12.5. The Morgan fingerprint density at radius 3 is 2.13 bits per heavy atom. The fraction of sp³-hybridized carbons (Fsp3) is 0.333. The topological polar surface area (TPSA) is 9.23 Å². The van der Waals surface area contributed by atoms with Crippen molar-refractivity contribution in [2.45, 2.75) is 20.2 Å². The summed E-state index contributed by atoms with van der Waals surface area (Å²) < 4.78 is 39.6. The van der Waals surface area contributed by atoms with E-state index in [2.05, 4.69) is 4.74 Å². The summed E-state index contributed by atoms with van der Waals surface area (Å²) in [5.41, 5.74) is 1.22. The van der Waals surface area contributed by atoms with Gasteiger partial charge in [0.1, 0.15) is 10.8 Å². The number of halogens is 5. The summed E-state index contributed by atoms with van der Waals surface area (Å²) in [6.07, 6.45) is -4.77. The normalized spacial score (nSPS) is 11.7. The third kappa shape index (κ3) is 2.92. The predicted octanol–water partition coefficient (Wildman–Crippen LogP) is 4.51. The van der Waals surface area contributed by atoms with E-state index in [1.54, 1.807) is 13.8 Å². The van der Waals surface area contributed by atoms with Gasteiger partial charge in [-0.05, 0) is 31.0 Å². The molecule has 84 valence electrons. The third-order valence-electron chi connectivity index (χ3n) is 1.90. The van der Waals surface area contributed by atoms with Crippen molar-refractivity contribution >= 4 is 23.2 Å². The van der Waals surface area contributed by atoms with E-state index in [4.69, 9.17) is 23.2 Å². The molecule has 0 saturated heterocycles. The zero-order valence-electron chi connectivity index (χ0n) is 7.88. The number of aryl methyl sites for hydroxylation is 1. The number of rotatable bonds is 1. The Hall–Kier alpha value is -0.610. The highest BCUT2D eigenvalue weighted by Crippen LogP contribution is 2.38. The Bertz CT molecular complexity index is 388. The molecule has 0 amide bonds. The Balaban J connectivity index is 3.21. The van der Waals surface area contributed by atoms with Crippen molar-refractivity contribution in [2.75, 3.05) is 0 Å². The summed E-state index contributed by atoms with van der Waals surface area (Å²) in [6, 6.07) is 1.21. The van der Waals surface area contributed by atoms with Crippen LogP contribution in [0.1, 0.15) is 11.1 Å². The molecule has 6 heteroatoms. The average Bonchev–Trinajstić information content (AvgIpc) is 2.08.